The summed E-state index contributed by atoms with van der Waals surface area (Å²) in [4.78, 5) is 18.2. The molecule has 0 radical (unpaired) electrons. The molecule has 6 nitrogen and oxygen atoms in total. The zero-order valence-electron chi connectivity index (χ0n) is 15.0. The van der Waals surface area contributed by atoms with Crippen LogP contribution in [0.2, 0.25) is 0 Å². The van der Waals surface area contributed by atoms with Gasteiger partial charge in [0.25, 0.3) is 0 Å². The van der Waals surface area contributed by atoms with E-state index in [9.17, 15) is 14.5 Å². The van der Waals surface area contributed by atoms with Gasteiger partial charge in [-0.2, -0.15) is 9.55 Å². The highest BCUT2D eigenvalue weighted by molar-refractivity contribution is 7.90. The van der Waals surface area contributed by atoms with Crippen LogP contribution in [0.4, 0.5) is 10.5 Å². The second kappa shape index (κ2) is 7.39. The molecule has 1 atom stereocenters. The van der Waals surface area contributed by atoms with Crippen molar-refractivity contribution in [2.45, 2.75) is 24.3 Å². The number of benzene rings is 2. The molecule has 0 spiro atoms. The van der Waals surface area contributed by atoms with Crippen molar-refractivity contribution in [1.82, 2.24) is 9.55 Å². The number of carbonyl (C=O) groups is 1. The summed E-state index contributed by atoms with van der Waals surface area (Å²) in [6.07, 6.45) is -0.450. The lowest BCUT2D eigenvalue weighted by Gasteiger charge is -2.18. The van der Waals surface area contributed by atoms with E-state index in [-0.39, 0.29) is 10.9 Å². The fraction of sp³-hybridized carbons (Fsp3) is 0.263. The summed E-state index contributed by atoms with van der Waals surface area (Å²) >= 11 is -1.59. The van der Waals surface area contributed by atoms with E-state index in [1.54, 1.807) is 12.1 Å². The quantitative estimate of drug-likeness (QED) is 0.694. The third-order valence-corrected chi connectivity index (χ3v) is 5.53. The molecule has 0 bridgehead atoms. The van der Waals surface area contributed by atoms with Crippen LogP contribution in [0.1, 0.15) is 18.1 Å². The Morgan fingerprint density at radius 1 is 1.19 bits per heavy atom. The normalized spacial score (nSPS) is 12.3. The summed E-state index contributed by atoms with van der Waals surface area (Å²) in [6, 6.07) is 13.1. The van der Waals surface area contributed by atoms with Gasteiger partial charge >= 0.3 is 11.2 Å². The lowest BCUT2D eigenvalue weighted by Crippen LogP contribution is -2.19. The van der Waals surface area contributed by atoms with E-state index in [1.165, 1.54) is 0 Å². The van der Waals surface area contributed by atoms with Crippen LogP contribution >= 0.6 is 0 Å². The Hall–Kier alpha value is -2.51. The number of fused-ring (bicyclic) bond motifs is 1. The Morgan fingerprint density at radius 2 is 1.88 bits per heavy atom. The molecule has 3 aromatic rings. The van der Waals surface area contributed by atoms with Crippen LogP contribution < -0.4 is 4.90 Å². The lowest BCUT2D eigenvalue weighted by atomic mass is 10.1. The van der Waals surface area contributed by atoms with Crippen molar-refractivity contribution in [3.05, 3.63) is 53.6 Å². The Kier molecular flexibility index (Phi) is 5.20. The number of nitrogens with zero attached hydrogens (tertiary/aromatic N) is 3. The van der Waals surface area contributed by atoms with Gasteiger partial charge in [-0.1, -0.05) is 37.3 Å². The summed E-state index contributed by atoms with van der Waals surface area (Å²) in [5.74, 6) is 0.201. The van der Waals surface area contributed by atoms with Gasteiger partial charge in [0.15, 0.2) is 0 Å². The van der Waals surface area contributed by atoms with E-state index < -0.39 is 17.3 Å². The van der Waals surface area contributed by atoms with Crippen molar-refractivity contribution >= 4 is 34.0 Å². The average molecular weight is 371 g/mol. The van der Waals surface area contributed by atoms with Gasteiger partial charge < -0.3 is 14.6 Å². The maximum Gasteiger partial charge on any atom is 0.421 e. The highest BCUT2D eigenvalue weighted by atomic mass is 32.2. The Bertz CT molecular complexity index is 952. The Morgan fingerprint density at radius 3 is 2.54 bits per heavy atom. The van der Waals surface area contributed by atoms with Gasteiger partial charge in [0.05, 0.1) is 11.0 Å². The van der Waals surface area contributed by atoms with Gasteiger partial charge in [-0.3, -0.25) is 0 Å². The first-order chi connectivity index (χ1) is 12.4. The molecule has 0 aliphatic heterocycles. The standard InChI is InChI=1S/C19H21N3O3S/c1-4-13-9-7-11-16-17(13)20-18(22(16)19(23)24)26(25)12-14-8-5-6-10-15(14)21(2)3/h5-11H,4,12H2,1-3H3,(H,23,24). The van der Waals surface area contributed by atoms with Gasteiger partial charge in [0, 0.05) is 36.5 Å². The van der Waals surface area contributed by atoms with Crippen LogP contribution in [0.15, 0.2) is 47.6 Å². The number of imidazole rings is 1. The molecule has 7 heteroatoms. The maximum absolute atomic E-state index is 13.0. The SMILES string of the molecule is CCc1cccc2c1nc([S+]([O-])Cc1ccccc1N(C)C)n2C(=O)O. The topological polar surface area (TPSA) is 81.4 Å². The van der Waals surface area contributed by atoms with Crippen molar-refractivity contribution in [2.75, 3.05) is 19.0 Å². The van der Waals surface area contributed by atoms with Gasteiger partial charge in [-0.05, 0) is 24.1 Å². The first-order valence-corrected chi connectivity index (χ1v) is 9.63. The van der Waals surface area contributed by atoms with Crippen molar-refractivity contribution in [1.29, 1.82) is 0 Å². The molecule has 3 rings (SSSR count). The first kappa shape index (κ1) is 18.3. The minimum atomic E-state index is -1.59. The zero-order chi connectivity index (χ0) is 18.8. The van der Waals surface area contributed by atoms with Crippen LogP contribution in [0.3, 0.4) is 0 Å². The Labute approximate surface area is 155 Å². The largest absolute Gasteiger partial charge is 0.609 e. The van der Waals surface area contributed by atoms with E-state index in [0.717, 1.165) is 27.8 Å². The molecule has 0 aliphatic carbocycles. The summed E-state index contributed by atoms with van der Waals surface area (Å²) in [6.45, 7) is 1.98. The van der Waals surface area contributed by atoms with Crippen molar-refractivity contribution < 1.29 is 14.5 Å². The molecule has 1 aromatic heterocycles. The molecule has 0 aliphatic rings. The van der Waals surface area contributed by atoms with Crippen LogP contribution in [-0.4, -0.2) is 39.4 Å². The predicted molar refractivity (Wildman–Crippen MR) is 103 cm³/mol. The van der Waals surface area contributed by atoms with E-state index in [2.05, 4.69) is 4.98 Å². The zero-order valence-corrected chi connectivity index (χ0v) is 15.8. The average Bonchev–Trinajstić information content (AvgIpc) is 3.01. The maximum atomic E-state index is 13.0. The highest BCUT2D eigenvalue weighted by Crippen LogP contribution is 2.27. The molecule has 136 valence electrons. The van der Waals surface area contributed by atoms with Crippen molar-refractivity contribution in [2.24, 2.45) is 0 Å². The molecule has 1 heterocycles. The van der Waals surface area contributed by atoms with Crippen LogP contribution in [0.5, 0.6) is 0 Å². The monoisotopic (exact) mass is 371 g/mol. The second-order valence-electron chi connectivity index (χ2n) is 6.16. The number of anilines is 1. The number of hydrogen-bond donors (Lipinski definition) is 1. The van der Waals surface area contributed by atoms with Crippen molar-refractivity contribution in [3.8, 4) is 0 Å². The fourth-order valence-corrected chi connectivity index (χ4v) is 4.26. The molecule has 1 unspecified atom stereocenters. The first-order valence-electron chi connectivity index (χ1n) is 8.31. The lowest BCUT2D eigenvalue weighted by molar-refractivity contribution is 0.194. The van der Waals surface area contributed by atoms with Crippen LogP contribution in [0, 0.1) is 0 Å². The minimum Gasteiger partial charge on any atom is -0.609 e. The van der Waals surface area contributed by atoms with E-state index >= 15 is 0 Å². The molecule has 0 amide bonds. The summed E-state index contributed by atoms with van der Waals surface area (Å²) in [5, 5.41) is 9.73. The number of rotatable bonds is 5. The molecule has 0 fully saturated rings. The molecule has 1 N–H and O–H groups in total. The van der Waals surface area contributed by atoms with Gasteiger partial charge in [0.2, 0.25) is 0 Å². The number of carboxylic acid groups (broad SMARTS) is 1. The fourth-order valence-electron chi connectivity index (χ4n) is 3.03. The van der Waals surface area contributed by atoms with Crippen LogP contribution in [0.25, 0.3) is 11.0 Å². The van der Waals surface area contributed by atoms with E-state index in [4.69, 9.17) is 0 Å². The smallest absolute Gasteiger partial charge is 0.421 e. The van der Waals surface area contributed by atoms with E-state index in [0.29, 0.717) is 11.0 Å². The summed E-state index contributed by atoms with van der Waals surface area (Å²) < 4.78 is 14.1. The number of para-hydroxylation sites is 2. The van der Waals surface area contributed by atoms with Gasteiger partial charge in [0.1, 0.15) is 5.75 Å². The molecular weight excluding hydrogens is 350 g/mol. The van der Waals surface area contributed by atoms with Crippen molar-refractivity contribution in [3.63, 3.8) is 0 Å². The number of hydrogen-bond acceptors (Lipinski definition) is 4. The van der Waals surface area contributed by atoms with Crippen LogP contribution in [-0.2, 0) is 23.3 Å². The number of aryl methyl sites for hydroxylation is 1. The number of aromatic nitrogens is 2. The third-order valence-electron chi connectivity index (χ3n) is 4.27. The van der Waals surface area contributed by atoms with E-state index in [1.807, 2.05) is 56.3 Å². The molecule has 0 saturated carbocycles. The van der Waals surface area contributed by atoms with Gasteiger partial charge in [-0.15, -0.1) is 0 Å². The molecule has 0 saturated heterocycles. The predicted octanol–water partition coefficient (Wildman–Crippen LogP) is 3.50. The minimum absolute atomic E-state index is 0.0713. The third kappa shape index (κ3) is 3.27. The van der Waals surface area contributed by atoms with Gasteiger partial charge in [-0.25, -0.2) is 4.79 Å². The Balaban J connectivity index is 2.07. The highest BCUT2D eigenvalue weighted by Gasteiger charge is 2.27. The molecule has 26 heavy (non-hydrogen) atoms. The summed E-state index contributed by atoms with van der Waals surface area (Å²) in [5.41, 5.74) is 3.85. The summed E-state index contributed by atoms with van der Waals surface area (Å²) in [7, 11) is 3.84. The molecule has 2 aromatic carbocycles. The molecular formula is C19H21N3O3S. The second-order valence-corrected chi connectivity index (χ2v) is 7.51.